The van der Waals surface area contributed by atoms with Gasteiger partial charge in [-0.05, 0) is 36.8 Å². The highest BCUT2D eigenvalue weighted by Crippen LogP contribution is 2.41. The highest BCUT2D eigenvalue weighted by atomic mass is 32.1. The van der Waals surface area contributed by atoms with E-state index in [0.29, 0.717) is 12.2 Å². The number of aromatic nitrogens is 3. The van der Waals surface area contributed by atoms with Gasteiger partial charge in [0.2, 0.25) is 11.0 Å². The van der Waals surface area contributed by atoms with Crippen molar-refractivity contribution in [2.75, 3.05) is 5.32 Å². The Kier molecular flexibility index (Phi) is 3.51. The van der Waals surface area contributed by atoms with Crippen molar-refractivity contribution < 1.29 is 9.90 Å². The smallest absolute Gasteiger partial charge is 0.226 e. The number of anilines is 1. The average molecular weight is 376 g/mol. The van der Waals surface area contributed by atoms with Gasteiger partial charge in [0.25, 0.3) is 0 Å². The lowest BCUT2D eigenvalue weighted by molar-refractivity contribution is -0.116. The van der Waals surface area contributed by atoms with Gasteiger partial charge in [0.15, 0.2) is 0 Å². The van der Waals surface area contributed by atoms with Crippen LogP contribution in [0.1, 0.15) is 29.2 Å². The highest BCUT2D eigenvalue weighted by Gasteiger charge is 2.33. The number of para-hydroxylation sites is 1. The van der Waals surface area contributed by atoms with Crippen LogP contribution in [0.4, 0.5) is 5.82 Å². The Hall–Kier alpha value is -3.19. The van der Waals surface area contributed by atoms with E-state index in [9.17, 15) is 9.90 Å². The van der Waals surface area contributed by atoms with Crippen molar-refractivity contribution in [3.8, 4) is 10.9 Å². The first kappa shape index (κ1) is 16.0. The van der Waals surface area contributed by atoms with Crippen LogP contribution in [0.3, 0.4) is 0 Å². The molecule has 0 spiro atoms. The third-order valence-electron chi connectivity index (χ3n) is 4.86. The normalized spacial score (nSPS) is 16.3. The summed E-state index contributed by atoms with van der Waals surface area (Å²) in [6, 6.07) is 14.9. The maximum absolute atomic E-state index is 12.4. The number of nitrogens with one attached hydrogen (secondary N) is 1. The van der Waals surface area contributed by atoms with Crippen molar-refractivity contribution in [2.24, 2.45) is 0 Å². The van der Waals surface area contributed by atoms with Gasteiger partial charge in [0.05, 0.1) is 15.9 Å². The van der Waals surface area contributed by atoms with Crippen LogP contribution in [-0.2, 0) is 4.79 Å². The Labute approximate surface area is 159 Å². The van der Waals surface area contributed by atoms with E-state index in [2.05, 4.69) is 15.4 Å². The van der Waals surface area contributed by atoms with Crippen LogP contribution in [0.25, 0.3) is 15.3 Å². The van der Waals surface area contributed by atoms with E-state index in [1.165, 1.54) is 0 Å². The van der Waals surface area contributed by atoms with Gasteiger partial charge in [-0.3, -0.25) is 4.79 Å². The molecule has 1 aliphatic heterocycles. The maximum atomic E-state index is 12.4. The molecular formula is C20H16N4O2S. The Morgan fingerprint density at radius 3 is 2.74 bits per heavy atom. The van der Waals surface area contributed by atoms with Crippen LogP contribution in [0, 0.1) is 6.92 Å². The molecule has 0 unspecified atom stereocenters. The Bertz CT molecular complexity index is 1140. The fraction of sp³-hybridized carbons (Fsp3) is 0.150. The number of aryl methyl sites for hydroxylation is 1. The summed E-state index contributed by atoms with van der Waals surface area (Å²) in [5.41, 5.74) is 3.76. The zero-order valence-electron chi connectivity index (χ0n) is 14.5. The number of phenols is 1. The fourth-order valence-corrected chi connectivity index (χ4v) is 4.55. The van der Waals surface area contributed by atoms with Crippen LogP contribution >= 0.6 is 11.3 Å². The molecule has 6 nitrogen and oxygen atoms in total. The highest BCUT2D eigenvalue weighted by molar-refractivity contribution is 7.20. The van der Waals surface area contributed by atoms with Crippen molar-refractivity contribution in [3.63, 3.8) is 0 Å². The lowest BCUT2D eigenvalue weighted by Crippen LogP contribution is -2.24. The van der Waals surface area contributed by atoms with E-state index in [4.69, 9.17) is 0 Å². The topological polar surface area (TPSA) is 80.0 Å². The number of thiazole rings is 1. The van der Waals surface area contributed by atoms with E-state index < -0.39 is 0 Å². The fourth-order valence-electron chi connectivity index (χ4n) is 3.63. The molecule has 4 aromatic rings. The second-order valence-electron chi connectivity index (χ2n) is 6.62. The molecule has 2 aromatic carbocycles. The first-order valence-electron chi connectivity index (χ1n) is 8.64. The molecule has 0 aliphatic carbocycles. The molecule has 0 bridgehead atoms. The third kappa shape index (κ3) is 2.59. The SMILES string of the molecule is Cc1nn(-c2nc3ccccc3s2)c2c1[C@H](c1ccc(O)cc1)CC(=O)N2. The third-order valence-corrected chi connectivity index (χ3v) is 5.87. The summed E-state index contributed by atoms with van der Waals surface area (Å²) in [4.78, 5) is 17.1. The molecule has 27 heavy (non-hydrogen) atoms. The molecular weight excluding hydrogens is 360 g/mol. The molecule has 1 aliphatic rings. The van der Waals surface area contributed by atoms with Crippen LogP contribution in [-0.4, -0.2) is 25.8 Å². The van der Waals surface area contributed by atoms with Crippen LogP contribution in [0.15, 0.2) is 48.5 Å². The van der Waals surface area contributed by atoms with Gasteiger partial charge in [0, 0.05) is 17.9 Å². The number of amides is 1. The predicted octanol–water partition coefficient (Wildman–Crippen LogP) is 3.97. The number of carbonyl (C=O) groups is 1. The molecule has 0 saturated heterocycles. The molecule has 2 N–H and O–H groups in total. The summed E-state index contributed by atoms with van der Waals surface area (Å²) in [7, 11) is 0. The number of nitrogens with zero attached hydrogens (tertiary/aromatic N) is 3. The number of benzene rings is 2. The van der Waals surface area contributed by atoms with E-state index in [0.717, 1.165) is 32.2 Å². The molecule has 5 rings (SSSR count). The Morgan fingerprint density at radius 2 is 1.96 bits per heavy atom. The molecule has 0 fully saturated rings. The average Bonchev–Trinajstić information content (AvgIpc) is 3.23. The molecule has 1 amide bonds. The van der Waals surface area contributed by atoms with Crippen LogP contribution in [0.5, 0.6) is 5.75 Å². The molecule has 7 heteroatoms. The minimum absolute atomic E-state index is 0.0529. The van der Waals surface area contributed by atoms with E-state index >= 15 is 0 Å². The number of carbonyl (C=O) groups excluding carboxylic acids is 1. The predicted molar refractivity (Wildman–Crippen MR) is 105 cm³/mol. The van der Waals surface area contributed by atoms with Gasteiger partial charge < -0.3 is 10.4 Å². The van der Waals surface area contributed by atoms with Crippen molar-refractivity contribution in [2.45, 2.75) is 19.3 Å². The summed E-state index contributed by atoms with van der Waals surface area (Å²) in [5, 5.41) is 18.0. The minimum Gasteiger partial charge on any atom is -0.508 e. The van der Waals surface area contributed by atoms with Crippen LogP contribution < -0.4 is 5.32 Å². The summed E-state index contributed by atoms with van der Waals surface area (Å²) >= 11 is 1.54. The molecule has 1 atom stereocenters. The van der Waals surface area contributed by atoms with E-state index in [1.54, 1.807) is 28.2 Å². The molecule has 3 heterocycles. The summed E-state index contributed by atoms with van der Waals surface area (Å²) in [6.45, 7) is 1.95. The number of rotatable bonds is 2. The summed E-state index contributed by atoms with van der Waals surface area (Å²) in [6.07, 6.45) is 0.351. The summed E-state index contributed by atoms with van der Waals surface area (Å²) in [5.74, 6) is 0.738. The Balaban J connectivity index is 1.67. The lowest BCUT2D eigenvalue weighted by atomic mass is 9.86. The van der Waals surface area contributed by atoms with Gasteiger partial charge in [0.1, 0.15) is 11.6 Å². The van der Waals surface area contributed by atoms with Crippen molar-refractivity contribution >= 4 is 33.3 Å². The standard InChI is InChI=1S/C20H16N4O2S/c1-11-18-14(12-6-8-13(25)9-7-12)10-17(26)22-19(18)24(23-11)20-21-15-4-2-3-5-16(15)27-20/h2-9,14,25H,10H2,1H3,(H,22,26)/t14-/m0/s1. The van der Waals surface area contributed by atoms with E-state index in [-0.39, 0.29) is 17.6 Å². The minimum atomic E-state index is -0.0996. The van der Waals surface area contributed by atoms with Gasteiger partial charge in [-0.1, -0.05) is 35.6 Å². The molecule has 2 aromatic heterocycles. The van der Waals surface area contributed by atoms with E-state index in [1.807, 2.05) is 43.3 Å². The summed E-state index contributed by atoms with van der Waals surface area (Å²) < 4.78 is 2.81. The molecule has 0 radical (unpaired) electrons. The lowest BCUT2D eigenvalue weighted by Gasteiger charge is -2.24. The van der Waals surface area contributed by atoms with Gasteiger partial charge in [-0.15, -0.1) is 0 Å². The van der Waals surface area contributed by atoms with Crippen molar-refractivity contribution in [1.29, 1.82) is 0 Å². The number of fused-ring (bicyclic) bond motifs is 2. The van der Waals surface area contributed by atoms with Crippen molar-refractivity contribution in [3.05, 3.63) is 65.4 Å². The monoisotopic (exact) mass is 376 g/mol. The maximum Gasteiger partial charge on any atom is 0.226 e. The quantitative estimate of drug-likeness (QED) is 0.555. The zero-order chi connectivity index (χ0) is 18.5. The molecule has 0 saturated carbocycles. The van der Waals surface area contributed by atoms with Crippen molar-refractivity contribution in [1.82, 2.24) is 14.8 Å². The first-order valence-corrected chi connectivity index (χ1v) is 9.46. The number of hydrogen-bond acceptors (Lipinski definition) is 5. The largest absolute Gasteiger partial charge is 0.508 e. The number of phenolic OH excluding ortho intramolecular Hbond substituents is 1. The number of aromatic hydroxyl groups is 1. The van der Waals surface area contributed by atoms with Gasteiger partial charge in [-0.25, -0.2) is 4.98 Å². The van der Waals surface area contributed by atoms with Gasteiger partial charge in [-0.2, -0.15) is 9.78 Å². The molecule has 134 valence electrons. The first-order chi connectivity index (χ1) is 13.1. The second-order valence-corrected chi connectivity index (χ2v) is 7.63. The second kappa shape index (κ2) is 5.92. The number of hydrogen-bond donors (Lipinski definition) is 2. The Morgan fingerprint density at radius 1 is 1.19 bits per heavy atom. The van der Waals surface area contributed by atoms with Crippen LogP contribution in [0.2, 0.25) is 0 Å². The zero-order valence-corrected chi connectivity index (χ0v) is 15.3. The van der Waals surface area contributed by atoms with Gasteiger partial charge >= 0.3 is 0 Å².